The number of anilines is 1. The summed E-state index contributed by atoms with van der Waals surface area (Å²) in [5, 5.41) is 3.89. The predicted octanol–water partition coefficient (Wildman–Crippen LogP) is 2.83. The van der Waals surface area contributed by atoms with E-state index in [9.17, 15) is 4.39 Å². The number of pyridine rings is 1. The van der Waals surface area contributed by atoms with Crippen LogP contribution in [0.2, 0.25) is 0 Å². The Labute approximate surface area is 114 Å². The van der Waals surface area contributed by atoms with Gasteiger partial charge in [-0.25, -0.2) is 9.37 Å². The number of aromatic nitrogens is 3. The number of nitrogens with two attached hydrogens (primary N) is 1. The first-order valence-electron chi connectivity index (χ1n) is 5.95. The molecule has 0 saturated heterocycles. The Kier molecular flexibility index (Phi) is 2.90. The molecule has 5 nitrogen and oxygen atoms in total. The topological polar surface area (TPSA) is 77.8 Å². The molecular weight excluding hydrogens is 259 g/mol. The first kappa shape index (κ1) is 12.3. The Hall–Kier alpha value is -2.76. The molecule has 0 radical (unpaired) electrons. The molecule has 0 unspecified atom stereocenters. The van der Waals surface area contributed by atoms with Gasteiger partial charge in [0.05, 0.1) is 5.56 Å². The normalized spacial score (nSPS) is 10.7. The van der Waals surface area contributed by atoms with E-state index in [1.807, 2.05) is 0 Å². The van der Waals surface area contributed by atoms with Gasteiger partial charge in [0, 0.05) is 11.8 Å². The van der Waals surface area contributed by atoms with Crippen molar-refractivity contribution < 1.29 is 8.91 Å². The molecule has 0 spiro atoms. The minimum absolute atomic E-state index is 0.264. The van der Waals surface area contributed by atoms with Crippen LogP contribution in [0.4, 0.5) is 10.2 Å². The average molecular weight is 270 g/mol. The molecule has 0 bridgehead atoms. The molecule has 100 valence electrons. The summed E-state index contributed by atoms with van der Waals surface area (Å²) in [5.74, 6) is 0.900. The number of nitrogen functional groups attached to an aromatic ring is 1. The molecule has 0 aliphatic heterocycles. The van der Waals surface area contributed by atoms with E-state index in [0.717, 1.165) is 0 Å². The molecule has 3 rings (SSSR count). The van der Waals surface area contributed by atoms with Crippen molar-refractivity contribution in [1.29, 1.82) is 0 Å². The summed E-state index contributed by atoms with van der Waals surface area (Å²) < 4.78 is 18.4. The van der Waals surface area contributed by atoms with Gasteiger partial charge in [-0.1, -0.05) is 5.16 Å². The lowest BCUT2D eigenvalue weighted by Gasteiger charge is -1.98. The van der Waals surface area contributed by atoms with E-state index in [1.54, 1.807) is 37.4 Å². The van der Waals surface area contributed by atoms with Crippen molar-refractivity contribution in [3.63, 3.8) is 0 Å². The van der Waals surface area contributed by atoms with E-state index in [0.29, 0.717) is 34.2 Å². The quantitative estimate of drug-likeness (QED) is 0.774. The first-order valence-corrected chi connectivity index (χ1v) is 5.95. The zero-order chi connectivity index (χ0) is 14.1. The maximum Gasteiger partial charge on any atom is 0.259 e. The number of rotatable bonds is 2. The zero-order valence-corrected chi connectivity index (χ0v) is 10.7. The van der Waals surface area contributed by atoms with Crippen molar-refractivity contribution in [2.24, 2.45) is 0 Å². The first-order chi connectivity index (χ1) is 9.63. The zero-order valence-electron chi connectivity index (χ0n) is 10.7. The molecule has 0 fully saturated rings. The lowest BCUT2D eigenvalue weighted by molar-refractivity contribution is 0.432. The second-order valence-corrected chi connectivity index (χ2v) is 4.36. The standard InChI is InChI=1S/C14H11FN4O/c1-8-6-9(2-4-11(8)15)13-18-14(20-19-13)10-3-5-12(16)17-7-10/h2-7H,1H3,(H2,16,17). The second-order valence-electron chi connectivity index (χ2n) is 4.36. The van der Waals surface area contributed by atoms with Crippen LogP contribution in [0.1, 0.15) is 5.56 Å². The molecule has 0 aliphatic carbocycles. The van der Waals surface area contributed by atoms with Gasteiger partial charge in [0.2, 0.25) is 5.82 Å². The highest BCUT2D eigenvalue weighted by Crippen LogP contribution is 2.23. The van der Waals surface area contributed by atoms with Gasteiger partial charge in [0.25, 0.3) is 5.89 Å². The van der Waals surface area contributed by atoms with Gasteiger partial charge < -0.3 is 10.3 Å². The van der Waals surface area contributed by atoms with Crippen molar-refractivity contribution in [3.05, 3.63) is 47.9 Å². The average Bonchev–Trinajstić information content (AvgIpc) is 2.92. The predicted molar refractivity (Wildman–Crippen MR) is 72.1 cm³/mol. The Morgan fingerprint density at radius 2 is 1.95 bits per heavy atom. The summed E-state index contributed by atoms with van der Waals surface area (Å²) in [5.41, 5.74) is 7.42. The molecule has 1 aromatic carbocycles. The van der Waals surface area contributed by atoms with Crippen LogP contribution in [0, 0.1) is 12.7 Å². The van der Waals surface area contributed by atoms with Crippen LogP contribution in [-0.4, -0.2) is 15.1 Å². The molecule has 20 heavy (non-hydrogen) atoms. The number of halogens is 1. The van der Waals surface area contributed by atoms with Crippen molar-refractivity contribution in [1.82, 2.24) is 15.1 Å². The summed E-state index contributed by atoms with van der Waals surface area (Å²) in [4.78, 5) is 8.23. The lowest BCUT2D eigenvalue weighted by Crippen LogP contribution is -1.89. The number of hydrogen-bond donors (Lipinski definition) is 1. The SMILES string of the molecule is Cc1cc(-c2noc(-c3ccc(N)nc3)n2)ccc1F. The molecule has 6 heteroatoms. The molecule has 3 aromatic rings. The molecule has 0 aliphatic rings. The van der Waals surface area contributed by atoms with E-state index in [2.05, 4.69) is 15.1 Å². The fourth-order valence-corrected chi connectivity index (χ4v) is 1.77. The Morgan fingerprint density at radius 1 is 1.15 bits per heavy atom. The van der Waals surface area contributed by atoms with Crippen LogP contribution in [0.5, 0.6) is 0 Å². The smallest absolute Gasteiger partial charge is 0.259 e. The van der Waals surface area contributed by atoms with Crippen LogP contribution < -0.4 is 5.73 Å². The number of aryl methyl sites for hydroxylation is 1. The number of hydrogen-bond acceptors (Lipinski definition) is 5. The van der Waals surface area contributed by atoms with Crippen LogP contribution >= 0.6 is 0 Å². The summed E-state index contributed by atoms with van der Waals surface area (Å²) in [7, 11) is 0. The molecule has 2 N–H and O–H groups in total. The van der Waals surface area contributed by atoms with Gasteiger partial charge in [-0.15, -0.1) is 0 Å². The Balaban J connectivity index is 1.97. The van der Waals surface area contributed by atoms with E-state index in [1.165, 1.54) is 6.07 Å². The van der Waals surface area contributed by atoms with Crippen LogP contribution in [0.15, 0.2) is 41.1 Å². The second kappa shape index (κ2) is 4.73. The van der Waals surface area contributed by atoms with Crippen molar-refractivity contribution in [2.75, 3.05) is 5.73 Å². The van der Waals surface area contributed by atoms with Gasteiger partial charge in [-0.2, -0.15) is 4.98 Å². The fourth-order valence-electron chi connectivity index (χ4n) is 1.77. The highest BCUT2D eigenvalue weighted by Gasteiger charge is 2.11. The van der Waals surface area contributed by atoms with Crippen molar-refractivity contribution >= 4 is 5.82 Å². The third-order valence-corrected chi connectivity index (χ3v) is 2.88. The summed E-state index contributed by atoms with van der Waals surface area (Å²) in [6.45, 7) is 1.68. The maximum absolute atomic E-state index is 13.2. The highest BCUT2D eigenvalue weighted by molar-refractivity contribution is 5.60. The number of benzene rings is 1. The van der Waals surface area contributed by atoms with E-state index in [-0.39, 0.29) is 5.82 Å². The fraction of sp³-hybridized carbons (Fsp3) is 0.0714. The minimum Gasteiger partial charge on any atom is -0.384 e. The van der Waals surface area contributed by atoms with Crippen molar-refractivity contribution in [3.8, 4) is 22.8 Å². The van der Waals surface area contributed by atoms with Gasteiger partial charge in [0.15, 0.2) is 0 Å². The van der Waals surface area contributed by atoms with E-state index in [4.69, 9.17) is 10.3 Å². The number of nitrogens with zero attached hydrogens (tertiary/aromatic N) is 3. The van der Waals surface area contributed by atoms with Gasteiger partial charge >= 0.3 is 0 Å². The molecule has 0 amide bonds. The molecule has 2 aromatic heterocycles. The van der Waals surface area contributed by atoms with Crippen LogP contribution in [0.25, 0.3) is 22.8 Å². The molecule has 0 atom stereocenters. The van der Waals surface area contributed by atoms with Crippen LogP contribution in [-0.2, 0) is 0 Å². The largest absolute Gasteiger partial charge is 0.384 e. The molecule has 2 heterocycles. The third kappa shape index (κ3) is 2.23. The summed E-state index contributed by atoms with van der Waals surface area (Å²) in [6.07, 6.45) is 1.56. The van der Waals surface area contributed by atoms with Gasteiger partial charge in [-0.3, -0.25) is 0 Å². The Morgan fingerprint density at radius 3 is 2.65 bits per heavy atom. The summed E-state index contributed by atoms with van der Waals surface area (Å²) in [6, 6.07) is 8.06. The third-order valence-electron chi connectivity index (χ3n) is 2.88. The highest BCUT2D eigenvalue weighted by atomic mass is 19.1. The van der Waals surface area contributed by atoms with Gasteiger partial charge in [-0.05, 0) is 42.8 Å². The molecular formula is C14H11FN4O. The molecule has 0 saturated carbocycles. The van der Waals surface area contributed by atoms with Crippen LogP contribution in [0.3, 0.4) is 0 Å². The maximum atomic E-state index is 13.2. The van der Waals surface area contributed by atoms with Gasteiger partial charge in [0.1, 0.15) is 11.6 Å². The lowest BCUT2D eigenvalue weighted by atomic mass is 10.1. The minimum atomic E-state index is -0.264. The monoisotopic (exact) mass is 270 g/mol. The van der Waals surface area contributed by atoms with Crippen molar-refractivity contribution in [2.45, 2.75) is 6.92 Å². The van der Waals surface area contributed by atoms with E-state index < -0.39 is 0 Å². The Bertz CT molecular complexity index is 752. The van der Waals surface area contributed by atoms with E-state index >= 15 is 0 Å². The summed E-state index contributed by atoms with van der Waals surface area (Å²) >= 11 is 0.